The van der Waals surface area contributed by atoms with E-state index in [9.17, 15) is 4.79 Å². The van der Waals surface area contributed by atoms with Crippen molar-refractivity contribution < 1.29 is 9.32 Å². The SMILES string of the molecule is Cc1cc(CN2CCN(C(=O)[C@@H]3CCC[C@@H]3CN)CC2)no1. The molecule has 1 amide bonds. The molecule has 2 fully saturated rings. The van der Waals surface area contributed by atoms with Crippen molar-refractivity contribution in [2.24, 2.45) is 17.6 Å². The standard InChI is InChI=1S/C16H26N4O2/c1-12-9-14(18-22-12)11-19-5-7-20(8-6-19)16(21)15-4-2-3-13(15)10-17/h9,13,15H,2-8,10-11,17H2,1H3/t13-,15-/m1/s1. The molecular weight excluding hydrogens is 280 g/mol. The van der Waals surface area contributed by atoms with Crippen molar-refractivity contribution in [3.8, 4) is 0 Å². The summed E-state index contributed by atoms with van der Waals surface area (Å²) in [6, 6.07) is 1.97. The Morgan fingerprint density at radius 1 is 1.36 bits per heavy atom. The first-order valence-electron chi connectivity index (χ1n) is 8.31. The third-order valence-corrected chi connectivity index (χ3v) is 5.03. The Bertz CT molecular complexity index is 508. The van der Waals surface area contributed by atoms with E-state index in [0.29, 0.717) is 18.4 Å². The highest BCUT2D eigenvalue weighted by Gasteiger charge is 2.35. The van der Waals surface area contributed by atoms with E-state index in [-0.39, 0.29) is 5.92 Å². The number of amides is 1. The molecule has 1 saturated carbocycles. The normalized spacial score (nSPS) is 26.5. The fourth-order valence-corrected chi connectivity index (χ4v) is 3.73. The van der Waals surface area contributed by atoms with Gasteiger partial charge in [-0.3, -0.25) is 9.69 Å². The molecule has 2 atom stereocenters. The summed E-state index contributed by atoms with van der Waals surface area (Å²) in [5.41, 5.74) is 6.78. The molecule has 2 aliphatic rings. The average Bonchev–Trinajstić information content (AvgIpc) is 3.16. The summed E-state index contributed by atoms with van der Waals surface area (Å²) in [6.07, 6.45) is 3.27. The molecule has 0 spiro atoms. The number of nitrogens with two attached hydrogens (primary N) is 1. The summed E-state index contributed by atoms with van der Waals surface area (Å²) >= 11 is 0. The van der Waals surface area contributed by atoms with Crippen molar-refractivity contribution in [2.75, 3.05) is 32.7 Å². The Balaban J connectivity index is 1.50. The molecule has 1 saturated heterocycles. The summed E-state index contributed by atoms with van der Waals surface area (Å²) in [5, 5.41) is 4.04. The van der Waals surface area contributed by atoms with E-state index in [4.69, 9.17) is 10.3 Å². The molecule has 3 rings (SSSR count). The first-order valence-corrected chi connectivity index (χ1v) is 8.31. The molecule has 0 radical (unpaired) electrons. The smallest absolute Gasteiger partial charge is 0.226 e. The van der Waals surface area contributed by atoms with Crippen LogP contribution >= 0.6 is 0 Å². The number of carbonyl (C=O) groups is 1. The first-order chi connectivity index (χ1) is 10.7. The predicted octanol–water partition coefficient (Wildman–Crippen LogP) is 1.00. The minimum absolute atomic E-state index is 0.162. The molecule has 6 nitrogen and oxygen atoms in total. The molecule has 6 heteroatoms. The lowest BCUT2D eigenvalue weighted by atomic mass is 9.94. The lowest BCUT2D eigenvalue weighted by Crippen LogP contribution is -2.50. The van der Waals surface area contributed by atoms with Crippen LogP contribution in [-0.2, 0) is 11.3 Å². The molecule has 0 unspecified atom stereocenters. The highest BCUT2D eigenvalue weighted by atomic mass is 16.5. The van der Waals surface area contributed by atoms with Gasteiger partial charge in [-0.2, -0.15) is 0 Å². The summed E-state index contributed by atoms with van der Waals surface area (Å²) in [6.45, 7) is 6.76. The van der Waals surface area contributed by atoms with Gasteiger partial charge in [-0.05, 0) is 32.2 Å². The number of aryl methyl sites for hydroxylation is 1. The number of hydrogen-bond acceptors (Lipinski definition) is 5. The fraction of sp³-hybridized carbons (Fsp3) is 0.750. The number of piperazine rings is 1. The molecular formula is C16H26N4O2. The Morgan fingerprint density at radius 2 is 2.14 bits per heavy atom. The molecule has 1 aromatic rings. The van der Waals surface area contributed by atoms with Crippen LogP contribution in [0.5, 0.6) is 0 Å². The van der Waals surface area contributed by atoms with Crippen LogP contribution < -0.4 is 5.73 Å². The molecule has 0 bridgehead atoms. The van der Waals surface area contributed by atoms with Crippen molar-refractivity contribution in [3.63, 3.8) is 0 Å². The topological polar surface area (TPSA) is 75.6 Å². The van der Waals surface area contributed by atoms with Crippen LogP contribution in [0.3, 0.4) is 0 Å². The molecule has 2 heterocycles. The number of carbonyl (C=O) groups excluding carboxylic acids is 1. The van der Waals surface area contributed by atoms with Crippen LogP contribution in [0.1, 0.15) is 30.7 Å². The van der Waals surface area contributed by atoms with Gasteiger partial charge in [0.15, 0.2) is 0 Å². The number of hydrogen-bond donors (Lipinski definition) is 1. The minimum Gasteiger partial charge on any atom is -0.361 e. The van der Waals surface area contributed by atoms with Crippen LogP contribution in [0.4, 0.5) is 0 Å². The fourth-order valence-electron chi connectivity index (χ4n) is 3.73. The largest absolute Gasteiger partial charge is 0.361 e. The lowest BCUT2D eigenvalue weighted by Gasteiger charge is -2.36. The average molecular weight is 306 g/mol. The van der Waals surface area contributed by atoms with Gasteiger partial charge < -0.3 is 15.2 Å². The second-order valence-corrected chi connectivity index (χ2v) is 6.56. The Hall–Kier alpha value is -1.40. The number of rotatable bonds is 4. The second kappa shape index (κ2) is 6.79. The quantitative estimate of drug-likeness (QED) is 0.898. The third kappa shape index (κ3) is 3.33. The van der Waals surface area contributed by atoms with Gasteiger partial charge in [0.2, 0.25) is 5.91 Å². The summed E-state index contributed by atoms with van der Waals surface area (Å²) in [5.74, 6) is 1.72. The van der Waals surface area contributed by atoms with Gasteiger partial charge in [-0.25, -0.2) is 0 Å². The van der Waals surface area contributed by atoms with Gasteiger partial charge in [-0.15, -0.1) is 0 Å². The van der Waals surface area contributed by atoms with Crippen LogP contribution in [0.15, 0.2) is 10.6 Å². The molecule has 1 aromatic heterocycles. The van der Waals surface area contributed by atoms with Gasteiger partial charge in [0.05, 0.1) is 5.69 Å². The van der Waals surface area contributed by atoms with Crippen molar-refractivity contribution >= 4 is 5.91 Å². The van der Waals surface area contributed by atoms with E-state index in [2.05, 4.69) is 10.1 Å². The van der Waals surface area contributed by atoms with E-state index >= 15 is 0 Å². The Labute approximate surface area is 131 Å². The number of aromatic nitrogens is 1. The highest BCUT2D eigenvalue weighted by Crippen LogP contribution is 2.32. The molecule has 2 N–H and O–H groups in total. The van der Waals surface area contributed by atoms with Gasteiger partial charge >= 0.3 is 0 Å². The molecule has 1 aliphatic carbocycles. The van der Waals surface area contributed by atoms with Crippen molar-refractivity contribution in [1.29, 1.82) is 0 Å². The Morgan fingerprint density at radius 3 is 2.77 bits per heavy atom. The summed E-state index contributed by atoms with van der Waals surface area (Å²) in [7, 11) is 0. The summed E-state index contributed by atoms with van der Waals surface area (Å²) < 4.78 is 5.10. The van der Waals surface area contributed by atoms with Crippen LogP contribution in [0.2, 0.25) is 0 Å². The predicted molar refractivity (Wildman–Crippen MR) is 83.0 cm³/mol. The van der Waals surface area contributed by atoms with Crippen molar-refractivity contribution in [1.82, 2.24) is 15.0 Å². The van der Waals surface area contributed by atoms with Gasteiger partial charge in [-0.1, -0.05) is 11.6 Å². The zero-order valence-electron chi connectivity index (χ0n) is 13.3. The zero-order valence-corrected chi connectivity index (χ0v) is 13.3. The van der Waals surface area contributed by atoms with Crippen LogP contribution in [0.25, 0.3) is 0 Å². The maximum Gasteiger partial charge on any atom is 0.226 e. The van der Waals surface area contributed by atoms with Crippen molar-refractivity contribution in [2.45, 2.75) is 32.7 Å². The zero-order chi connectivity index (χ0) is 15.5. The maximum atomic E-state index is 12.7. The van der Waals surface area contributed by atoms with Crippen LogP contribution in [0, 0.1) is 18.8 Å². The molecule has 22 heavy (non-hydrogen) atoms. The maximum absolute atomic E-state index is 12.7. The van der Waals surface area contributed by atoms with Gasteiger partial charge in [0, 0.05) is 44.7 Å². The second-order valence-electron chi connectivity index (χ2n) is 6.56. The van der Waals surface area contributed by atoms with E-state index in [1.54, 1.807) is 0 Å². The van der Waals surface area contributed by atoms with E-state index in [0.717, 1.165) is 63.4 Å². The molecule has 1 aliphatic heterocycles. The summed E-state index contributed by atoms with van der Waals surface area (Å²) in [4.78, 5) is 17.0. The van der Waals surface area contributed by atoms with E-state index in [1.807, 2.05) is 17.9 Å². The third-order valence-electron chi connectivity index (χ3n) is 5.03. The van der Waals surface area contributed by atoms with Gasteiger partial charge in [0.1, 0.15) is 5.76 Å². The molecule has 0 aromatic carbocycles. The van der Waals surface area contributed by atoms with E-state index in [1.165, 1.54) is 0 Å². The minimum atomic E-state index is 0.162. The Kier molecular flexibility index (Phi) is 4.78. The highest BCUT2D eigenvalue weighted by molar-refractivity contribution is 5.79. The van der Waals surface area contributed by atoms with Crippen molar-refractivity contribution in [3.05, 3.63) is 17.5 Å². The monoisotopic (exact) mass is 306 g/mol. The van der Waals surface area contributed by atoms with E-state index < -0.39 is 0 Å². The first kappa shape index (κ1) is 15.5. The lowest BCUT2D eigenvalue weighted by molar-refractivity contribution is -0.138. The van der Waals surface area contributed by atoms with Crippen LogP contribution in [-0.4, -0.2) is 53.6 Å². The van der Waals surface area contributed by atoms with Gasteiger partial charge in [0.25, 0.3) is 0 Å². The molecule has 122 valence electrons. The number of nitrogens with zero attached hydrogens (tertiary/aromatic N) is 3.